The van der Waals surface area contributed by atoms with Gasteiger partial charge in [0.05, 0.1) is 0 Å². The third kappa shape index (κ3) is 4.65. The van der Waals surface area contributed by atoms with E-state index >= 15 is 0 Å². The molecule has 0 amide bonds. The van der Waals surface area contributed by atoms with Crippen LogP contribution >= 0.6 is 0 Å². The molecule has 0 spiro atoms. The maximum Gasteiger partial charge on any atom is 0.179 e. The van der Waals surface area contributed by atoms with Gasteiger partial charge in [-0.1, -0.05) is 33.6 Å². The van der Waals surface area contributed by atoms with Crippen molar-refractivity contribution >= 4 is 11.5 Å². The number of rotatable bonds is 6. The zero-order chi connectivity index (χ0) is 10.3. The lowest BCUT2D eigenvalue weighted by molar-refractivity contribution is -0.113. The van der Waals surface area contributed by atoms with Gasteiger partial charge in [-0.3, -0.25) is 4.79 Å². The molecule has 3 heteroatoms. The van der Waals surface area contributed by atoms with Crippen LogP contribution in [0.2, 0.25) is 0 Å². The predicted molar refractivity (Wildman–Crippen MR) is 55.6 cm³/mol. The molecule has 3 nitrogen and oxygen atoms in total. The molecule has 0 fully saturated rings. The minimum absolute atomic E-state index is 0.103. The van der Waals surface area contributed by atoms with Crippen LogP contribution in [-0.2, 0) is 4.79 Å². The summed E-state index contributed by atoms with van der Waals surface area (Å²) in [6.45, 7) is 5.98. The molecule has 0 unspecified atom stereocenters. The summed E-state index contributed by atoms with van der Waals surface area (Å²) in [6, 6.07) is 0. The molecule has 0 saturated heterocycles. The normalized spacial score (nSPS) is 12.2. The van der Waals surface area contributed by atoms with Gasteiger partial charge in [-0.05, 0) is 6.42 Å². The zero-order valence-corrected chi connectivity index (χ0v) is 8.84. The minimum atomic E-state index is 0.103. The third-order valence-corrected chi connectivity index (χ3v) is 1.98. The molecule has 0 aliphatic carbocycles. The maximum atomic E-state index is 11.5. The molecule has 0 aromatic carbocycles. The SMILES string of the molecule is CCCCCC(=O)/C(=N/N)C(C)C. The highest BCUT2D eigenvalue weighted by Gasteiger charge is 2.14. The maximum absolute atomic E-state index is 11.5. The molecule has 0 radical (unpaired) electrons. The van der Waals surface area contributed by atoms with Crippen molar-refractivity contribution in [3.63, 3.8) is 0 Å². The van der Waals surface area contributed by atoms with Crippen molar-refractivity contribution < 1.29 is 4.79 Å². The number of hydrogen-bond acceptors (Lipinski definition) is 3. The van der Waals surface area contributed by atoms with E-state index in [1.54, 1.807) is 0 Å². The van der Waals surface area contributed by atoms with Crippen molar-refractivity contribution in [1.82, 2.24) is 0 Å². The monoisotopic (exact) mass is 184 g/mol. The number of hydrazone groups is 1. The Morgan fingerprint density at radius 1 is 1.38 bits per heavy atom. The van der Waals surface area contributed by atoms with Crippen molar-refractivity contribution in [1.29, 1.82) is 0 Å². The van der Waals surface area contributed by atoms with E-state index in [-0.39, 0.29) is 11.7 Å². The fraction of sp³-hybridized carbons (Fsp3) is 0.800. The first-order chi connectivity index (χ1) is 6.13. The third-order valence-electron chi connectivity index (χ3n) is 1.98. The predicted octanol–water partition coefficient (Wildman–Crippen LogP) is 2.11. The van der Waals surface area contributed by atoms with E-state index in [0.717, 1.165) is 19.3 Å². The first-order valence-corrected chi connectivity index (χ1v) is 4.94. The van der Waals surface area contributed by atoms with Gasteiger partial charge >= 0.3 is 0 Å². The van der Waals surface area contributed by atoms with Gasteiger partial charge in [-0.15, -0.1) is 0 Å². The van der Waals surface area contributed by atoms with Gasteiger partial charge in [0.1, 0.15) is 5.71 Å². The molecule has 0 heterocycles. The summed E-state index contributed by atoms with van der Waals surface area (Å²) in [6.07, 6.45) is 3.76. The molecule has 2 N–H and O–H groups in total. The largest absolute Gasteiger partial charge is 0.323 e. The van der Waals surface area contributed by atoms with Crippen LogP contribution in [-0.4, -0.2) is 11.5 Å². The smallest absolute Gasteiger partial charge is 0.179 e. The Morgan fingerprint density at radius 3 is 2.38 bits per heavy atom. The Bertz CT molecular complexity index is 185. The van der Waals surface area contributed by atoms with Crippen LogP contribution in [0, 0.1) is 5.92 Å². The average Bonchev–Trinajstić information content (AvgIpc) is 2.05. The zero-order valence-electron chi connectivity index (χ0n) is 8.84. The summed E-state index contributed by atoms with van der Waals surface area (Å²) in [5.41, 5.74) is 0.524. The molecule has 0 aliphatic heterocycles. The number of unbranched alkanes of at least 4 members (excludes halogenated alkanes) is 2. The van der Waals surface area contributed by atoms with E-state index in [1.165, 1.54) is 0 Å². The number of Topliss-reactive ketones (excluding diaryl/α,β-unsaturated/α-hetero) is 1. The van der Waals surface area contributed by atoms with Gasteiger partial charge in [0.15, 0.2) is 5.78 Å². The highest BCUT2D eigenvalue weighted by molar-refractivity contribution is 6.40. The fourth-order valence-electron chi connectivity index (χ4n) is 1.21. The molecule has 0 aromatic heterocycles. The van der Waals surface area contributed by atoms with Gasteiger partial charge in [-0.25, -0.2) is 0 Å². The van der Waals surface area contributed by atoms with Crippen molar-refractivity contribution in [3.05, 3.63) is 0 Å². The first kappa shape index (κ1) is 12.1. The highest BCUT2D eigenvalue weighted by atomic mass is 16.1. The van der Waals surface area contributed by atoms with Crippen LogP contribution in [0.4, 0.5) is 0 Å². The second-order valence-corrected chi connectivity index (χ2v) is 3.55. The Hall–Kier alpha value is -0.860. The lowest BCUT2D eigenvalue weighted by atomic mass is 10.00. The minimum Gasteiger partial charge on any atom is -0.323 e. The second kappa shape index (κ2) is 6.63. The van der Waals surface area contributed by atoms with E-state index in [4.69, 9.17) is 5.84 Å². The summed E-state index contributed by atoms with van der Waals surface area (Å²) >= 11 is 0. The van der Waals surface area contributed by atoms with Gasteiger partial charge in [-0.2, -0.15) is 5.10 Å². The molecule has 76 valence electrons. The second-order valence-electron chi connectivity index (χ2n) is 3.55. The summed E-state index contributed by atoms with van der Waals surface area (Å²) in [5, 5.41) is 3.53. The summed E-state index contributed by atoms with van der Waals surface area (Å²) in [5.74, 6) is 5.39. The Kier molecular flexibility index (Phi) is 6.20. The molecule has 0 saturated carbocycles. The molecular formula is C10H20N2O. The van der Waals surface area contributed by atoms with Crippen LogP contribution < -0.4 is 5.84 Å². The van der Waals surface area contributed by atoms with E-state index in [1.807, 2.05) is 13.8 Å². The number of nitrogens with two attached hydrogens (primary N) is 1. The van der Waals surface area contributed by atoms with Crippen LogP contribution in [0.1, 0.15) is 46.5 Å². The first-order valence-electron chi connectivity index (χ1n) is 4.94. The molecule has 0 bridgehead atoms. The lowest BCUT2D eigenvalue weighted by Crippen LogP contribution is -2.21. The number of nitrogens with zero attached hydrogens (tertiary/aromatic N) is 1. The summed E-state index contributed by atoms with van der Waals surface area (Å²) < 4.78 is 0. The van der Waals surface area contributed by atoms with Crippen LogP contribution in [0.25, 0.3) is 0 Å². The average molecular weight is 184 g/mol. The Labute approximate surface area is 80.4 Å². The standard InChI is InChI=1S/C10H20N2O/c1-4-5-6-7-9(13)10(12-11)8(2)3/h8H,4-7,11H2,1-3H3/b12-10+. The van der Waals surface area contributed by atoms with E-state index in [0.29, 0.717) is 12.1 Å². The molecule has 0 atom stereocenters. The summed E-state index contributed by atoms with van der Waals surface area (Å²) in [7, 11) is 0. The van der Waals surface area contributed by atoms with Crippen molar-refractivity contribution in [2.75, 3.05) is 0 Å². The number of hydrogen-bond donors (Lipinski definition) is 1. The number of ketones is 1. The quantitative estimate of drug-likeness (QED) is 0.297. The van der Waals surface area contributed by atoms with Crippen LogP contribution in [0.3, 0.4) is 0 Å². The molecular weight excluding hydrogens is 164 g/mol. The van der Waals surface area contributed by atoms with Gasteiger partial charge < -0.3 is 5.84 Å². The molecule has 0 aromatic rings. The molecule has 13 heavy (non-hydrogen) atoms. The van der Waals surface area contributed by atoms with Crippen molar-refractivity contribution in [3.8, 4) is 0 Å². The molecule has 0 rings (SSSR count). The fourth-order valence-corrected chi connectivity index (χ4v) is 1.21. The van der Waals surface area contributed by atoms with Crippen LogP contribution in [0.5, 0.6) is 0 Å². The molecule has 0 aliphatic rings. The topological polar surface area (TPSA) is 55.5 Å². The lowest BCUT2D eigenvalue weighted by Gasteiger charge is -2.06. The van der Waals surface area contributed by atoms with Gasteiger partial charge in [0.2, 0.25) is 0 Å². The highest BCUT2D eigenvalue weighted by Crippen LogP contribution is 2.05. The van der Waals surface area contributed by atoms with E-state index < -0.39 is 0 Å². The summed E-state index contributed by atoms with van der Waals surface area (Å²) in [4.78, 5) is 11.5. The van der Waals surface area contributed by atoms with Crippen molar-refractivity contribution in [2.45, 2.75) is 46.5 Å². The van der Waals surface area contributed by atoms with Crippen molar-refractivity contribution in [2.24, 2.45) is 16.9 Å². The van der Waals surface area contributed by atoms with Gasteiger partial charge in [0.25, 0.3) is 0 Å². The van der Waals surface area contributed by atoms with E-state index in [9.17, 15) is 4.79 Å². The number of carbonyl (C=O) groups excluding carboxylic acids is 1. The van der Waals surface area contributed by atoms with E-state index in [2.05, 4.69) is 12.0 Å². The Morgan fingerprint density at radius 2 is 2.00 bits per heavy atom. The van der Waals surface area contributed by atoms with Gasteiger partial charge in [0, 0.05) is 12.3 Å². The van der Waals surface area contributed by atoms with Crippen LogP contribution in [0.15, 0.2) is 5.10 Å². The Balaban J connectivity index is 3.94. The number of carbonyl (C=O) groups is 1.